The van der Waals surface area contributed by atoms with Gasteiger partial charge in [-0.15, -0.1) is 0 Å². The van der Waals surface area contributed by atoms with Gasteiger partial charge in [-0.1, -0.05) is 82.3 Å². The third-order valence-corrected chi connectivity index (χ3v) is 10.8. The minimum atomic E-state index is -0.837. The van der Waals surface area contributed by atoms with Gasteiger partial charge in [0.1, 0.15) is 5.75 Å². The maximum absolute atomic E-state index is 13.4. The maximum atomic E-state index is 13.4. The fraction of sp³-hybridized carbons (Fsp3) is 0.362. The van der Waals surface area contributed by atoms with Crippen LogP contribution in [0.15, 0.2) is 104 Å². The van der Waals surface area contributed by atoms with Crippen molar-refractivity contribution in [2.45, 2.75) is 53.5 Å². The number of carboxylic acids is 1. The van der Waals surface area contributed by atoms with Crippen molar-refractivity contribution in [2.75, 3.05) is 46.0 Å². The molecule has 3 aromatic heterocycles. The van der Waals surface area contributed by atoms with Crippen LogP contribution >= 0.6 is 0 Å². The molecule has 0 bridgehead atoms. The van der Waals surface area contributed by atoms with Crippen LogP contribution in [0.3, 0.4) is 0 Å². The summed E-state index contributed by atoms with van der Waals surface area (Å²) in [7, 11) is 0. The van der Waals surface area contributed by atoms with E-state index in [4.69, 9.17) is 14.6 Å². The summed E-state index contributed by atoms with van der Waals surface area (Å²) < 4.78 is 12.5. The number of aromatic amines is 1. The lowest BCUT2D eigenvalue weighted by atomic mass is 9.88. The summed E-state index contributed by atoms with van der Waals surface area (Å²) in [6.45, 7) is 12.7. The first-order chi connectivity index (χ1) is 27.4. The highest BCUT2D eigenvalue weighted by atomic mass is 16.5. The van der Waals surface area contributed by atoms with E-state index >= 15 is 0 Å². The number of ether oxygens (including phenoxy) is 2. The fourth-order valence-corrected chi connectivity index (χ4v) is 7.74. The lowest BCUT2D eigenvalue weighted by Crippen LogP contribution is -2.49. The molecule has 0 radical (unpaired) electrons. The molecule has 1 aliphatic heterocycles. The number of aliphatic carboxylic acids is 1. The predicted molar refractivity (Wildman–Crippen MR) is 225 cm³/mol. The highest BCUT2D eigenvalue weighted by Crippen LogP contribution is 2.36. The van der Waals surface area contributed by atoms with Crippen LogP contribution in [-0.2, 0) is 27.3 Å². The average Bonchev–Trinajstić information content (AvgIpc) is 3.61. The number of nitrogens with zero attached hydrogens (tertiary/aromatic N) is 4. The number of rotatable bonds is 16. The number of carboxylic acid groups (broad SMARTS) is 1. The van der Waals surface area contributed by atoms with Crippen molar-refractivity contribution in [1.82, 2.24) is 24.8 Å². The van der Waals surface area contributed by atoms with Gasteiger partial charge in [-0.2, -0.15) is 0 Å². The van der Waals surface area contributed by atoms with Crippen LogP contribution < -0.4 is 4.74 Å². The van der Waals surface area contributed by atoms with Crippen molar-refractivity contribution in [3.05, 3.63) is 115 Å². The number of fused-ring (bicyclic) bond motifs is 2. The van der Waals surface area contributed by atoms with Crippen LogP contribution in [0.25, 0.3) is 43.9 Å². The van der Waals surface area contributed by atoms with E-state index in [9.17, 15) is 9.59 Å². The number of nitrogens with one attached hydrogen (secondary N) is 1. The smallest absolute Gasteiger partial charge is 0.303 e. The van der Waals surface area contributed by atoms with Crippen LogP contribution in [0.4, 0.5) is 0 Å². The van der Waals surface area contributed by atoms with E-state index in [2.05, 4.69) is 80.5 Å². The third-order valence-electron chi connectivity index (χ3n) is 10.8. The van der Waals surface area contributed by atoms with Crippen molar-refractivity contribution in [2.24, 2.45) is 10.8 Å². The molecule has 0 aliphatic carbocycles. The average molecular weight is 768 g/mol. The zero-order chi connectivity index (χ0) is 40.0. The number of benzene rings is 3. The monoisotopic (exact) mass is 767 g/mol. The first-order valence-corrected chi connectivity index (χ1v) is 19.8. The molecule has 0 saturated carbocycles. The molecule has 1 fully saturated rings. The molecule has 1 saturated heterocycles. The normalized spacial score (nSPS) is 14.0. The Hall–Kier alpha value is -5.58. The molecule has 3 aromatic carbocycles. The highest BCUT2D eigenvalue weighted by molar-refractivity contribution is 5.97. The van der Waals surface area contributed by atoms with E-state index in [0.29, 0.717) is 39.3 Å². The Morgan fingerprint density at radius 3 is 2.23 bits per heavy atom. The van der Waals surface area contributed by atoms with Crippen LogP contribution in [0.1, 0.15) is 51.7 Å². The standard InChI is InChI=1S/C47H53N5O5/c1-46(2,31-56-32-47(3,4)26-45(54)55)25-44(53)52-21-19-51(20-22-52)30-34-10-13-38(40-29-50-42-15-18-49-28-41(40)42)43(24-34)57-23-16-33-8-11-36(12-9-33)37-7-5-6-35-14-17-48-27-39(35)37/h5-15,17-18,24,27-29,50H,16,19-23,25-26,30-32H2,1-4H3,(H,54,55). The van der Waals surface area contributed by atoms with E-state index < -0.39 is 11.4 Å². The summed E-state index contributed by atoms with van der Waals surface area (Å²) in [6, 6.07) is 25.6. The van der Waals surface area contributed by atoms with Crippen molar-refractivity contribution < 1.29 is 24.2 Å². The molecular weight excluding hydrogens is 715 g/mol. The lowest BCUT2D eigenvalue weighted by molar-refractivity contribution is -0.140. The molecule has 1 amide bonds. The summed E-state index contributed by atoms with van der Waals surface area (Å²) in [5, 5.41) is 12.5. The van der Waals surface area contributed by atoms with E-state index in [0.717, 1.165) is 70.3 Å². The summed E-state index contributed by atoms with van der Waals surface area (Å²) >= 11 is 0. The van der Waals surface area contributed by atoms with Gasteiger partial charge in [0.15, 0.2) is 0 Å². The highest BCUT2D eigenvalue weighted by Gasteiger charge is 2.30. The van der Waals surface area contributed by atoms with Gasteiger partial charge < -0.3 is 24.5 Å². The van der Waals surface area contributed by atoms with Gasteiger partial charge in [-0.05, 0) is 56.7 Å². The lowest BCUT2D eigenvalue weighted by Gasteiger charge is -2.36. The summed E-state index contributed by atoms with van der Waals surface area (Å²) in [5.74, 6) is 0.125. The number of piperazine rings is 1. The molecule has 1 aliphatic rings. The van der Waals surface area contributed by atoms with Crippen LogP contribution in [-0.4, -0.2) is 87.7 Å². The summed E-state index contributed by atoms with van der Waals surface area (Å²) in [5.41, 5.74) is 6.98. The molecule has 57 heavy (non-hydrogen) atoms. The van der Waals surface area contributed by atoms with Crippen molar-refractivity contribution in [3.63, 3.8) is 0 Å². The van der Waals surface area contributed by atoms with Crippen LogP contribution in [0.2, 0.25) is 0 Å². The largest absolute Gasteiger partial charge is 0.493 e. The molecule has 0 atom stereocenters. The number of pyridine rings is 2. The Bertz CT molecular complexity index is 2320. The number of carbonyl (C=O) groups excluding carboxylic acids is 1. The van der Waals surface area contributed by atoms with Gasteiger partial charge in [0.25, 0.3) is 0 Å². The number of amides is 1. The fourth-order valence-electron chi connectivity index (χ4n) is 7.74. The minimum absolute atomic E-state index is 0.0403. The Kier molecular flexibility index (Phi) is 12.0. The molecular formula is C47H53N5O5. The van der Waals surface area contributed by atoms with E-state index in [1.165, 1.54) is 16.5 Å². The van der Waals surface area contributed by atoms with Crippen molar-refractivity contribution in [1.29, 1.82) is 0 Å². The Morgan fingerprint density at radius 1 is 0.772 bits per heavy atom. The SMILES string of the molecule is CC(C)(COCC(C)(C)CC(=O)N1CCN(Cc2ccc(-c3c[nH]c4ccncc34)c(OCCc3ccc(-c4cccc5ccncc45)cc3)c2)CC1)CC(=O)O. The molecule has 2 N–H and O–H groups in total. The zero-order valence-electron chi connectivity index (χ0n) is 33.5. The maximum Gasteiger partial charge on any atom is 0.303 e. The van der Waals surface area contributed by atoms with Gasteiger partial charge in [0, 0.05) is 104 Å². The number of carbonyl (C=O) groups is 2. The van der Waals surface area contributed by atoms with Gasteiger partial charge in [0.05, 0.1) is 26.2 Å². The topological polar surface area (TPSA) is 121 Å². The second kappa shape index (κ2) is 17.3. The number of hydrogen-bond donors (Lipinski definition) is 2. The second-order valence-corrected chi connectivity index (χ2v) is 16.9. The van der Waals surface area contributed by atoms with E-state index in [1.54, 1.807) is 6.20 Å². The molecule has 7 rings (SSSR count). The molecule has 10 heteroatoms. The second-order valence-electron chi connectivity index (χ2n) is 16.9. The summed E-state index contributed by atoms with van der Waals surface area (Å²) in [6.07, 6.45) is 10.7. The molecule has 10 nitrogen and oxygen atoms in total. The Morgan fingerprint density at radius 2 is 1.47 bits per heavy atom. The third kappa shape index (κ3) is 10.1. The van der Waals surface area contributed by atoms with Crippen molar-refractivity contribution >= 4 is 33.6 Å². The number of aromatic nitrogens is 3. The molecule has 0 unspecified atom stereocenters. The molecule has 0 spiro atoms. The van der Waals surface area contributed by atoms with Gasteiger partial charge in [-0.3, -0.25) is 24.5 Å². The number of H-pyrrole nitrogens is 1. The van der Waals surface area contributed by atoms with Gasteiger partial charge >= 0.3 is 5.97 Å². The molecule has 6 aromatic rings. The first kappa shape index (κ1) is 39.6. The quantitative estimate of drug-likeness (QED) is 0.100. The minimum Gasteiger partial charge on any atom is -0.493 e. The van der Waals surface area contributed by atoms with Gasteiger partial charge in [0.2, 0.25) is 5.91 Å². The number of hydrogen-bond acceptors (Lipinski definition) is 7. The Balaban J connectivity index is 0.974. The van der Waals surface area contributed by atoms with E-state index in [-0.39, 0.29) is 17.7 Å². The van der Waals surface area contributed by atoms with Gasteiger partial charge in [-0.25, -0.2) is 0 Å². The zero-order valence-corrected chi connectivity index (χ0v) is 33.5. The van der Waals surface area contributed by atoms with Crippen molar-refractivity contribution in [3.8, 4) is 28.0 Å². The predicted octanol–water partition coefficient (Wildman–Crippen LogP) is 8.64. The summed E-state index contributed by atoms with van der Waals surface area (Å²) in [4.78, 5) is 41.0. The molecule has 296 valence electrons. The van der Waals surface area contributed by atoms with Crippen LogP contribution in [0, 0.1) is 10.8 Å². The van der Waals surface area contributed by atoms with Crippen LogP contribution in [0.5, 0.6) is 5.75 Å². The Labute approximate surface area is 334 Å². The molecule has 4 heterocycles. The van der Waals surface area contributed by atoms with E-state index in [1.807, 2.05) is 69.5 Å². The first-order valence-electron chi connectivity index (χ1n) is 19.8.